The van der Waals surface area contributed by atoms with E-state index in [9.17, 15) is 0 Å². The van der Waals surface area contributed by atoms with Gasteiger partial charge >= 0.3 is 0 Å². The van der Waals surface area contributed by atoms with Crippen LogP contribution >= 0.6 is 0 Å². The summed E-state index contributed by atoms with van der Waals surface area (Å²) in [6, 6.07) is 1.48. The lowest BCUT2D eigenvalue weighted by Gasteiger charge is -2.36. The lowest BCUT2D eigenvalue weighted by molar-refractivity contribution is 0.118. The molecule has 0 amide bonds. The molecule has 2 nitrogen and oxygen atoms in total. The molecule has 1 saturated carbocycles. The van der Waals surface area contributed by atoms with Crippen molar-refractivity contribution in [3.05, 3.63) is 0 Å². The lowest BCUT2D eigenvalue weighted by Crippen LogP contribution is -2.45. The molecule has 0 radical (unpaired) electrons. The Morgan fingerprint density at radius 1 is 1.29 bits per heavy atom. The van der Waals surface area contributed by atoms with Gasteiger partial charge in [0.15, 0.2) is 0 Å². The summed E-state index contributed by atoms with van der Waals surface area (Å²) < 4.78 is 0. The smallest absolute Gasteiger partial charge is 0.0107 e. The van der Waals surface area contributed by atoms with E-state index in [4.69, 9.17) is 5.73 Å². The van der Waals surface area contributed by atoms with Gasteiger partial charge in [-0.15, -0.1) is 0 Å². The Hall–Kier alpha value is -0.0800. The predicted octanol–water partition coefficient (Wildman–Crippen LogP) is 2.23. The molecule has 0 aromatic heterocycles. The highest BCUT2D eigenvalue weighted by molar-refractivity contribution is 4.82. The normalized spacial score (nSPS) is 22.9. The van der Waals surface area contributed by atoms with Crippen LogP contribution in [-0.2, 0) is 0 Å². The van der Waals surface area contributed by atoms with Gasteiger partial charge in [0.1, 0.15) is 0 Å². The third kappa shape index (κ3) is 2.71. The molecule has 1 rings (SSSR count). The molecule has 2 heteroatoms. The Morgan fingerprint density at radius 3 is 2.29 bits per heavy atom. The van der Waals surface area contributed by atoms with Gasteiger partial charge < -0.3 is 5.73 Å². The Balaban J connectivity index is 2.50. The molecule has 1 aliphatic rings. The van der Waals surface area contributed by atoms with Gasteiger partial charge in [0.2, 0.25) is 0 Å². The largest absolute Gasteiger partial charge is 0.330 e. The summed E-state index contributed by atoms with van der Waals surface area (Å²) in [4.78, 5) is 2.66. The van der Waals surface area contributed by atoms with Crippen molar-refractivity contribution in [3.8, 4) is 0 Å². The zero-order chi connectivity index (χ0) is 10.6. The van der Waals surface area contributed by atoms with Gasteiger partial charge in [0, 0.05) is 12.1 Å². The van der Waals surface area contributed by atoms with Gasteiger partial charge in [0.25, 0.3) is 0 Å². The molecule has 0 saturated heterocycles. The summed E-state index contributed by atoms with van der Waals surface area (Å²) in [6.07, 6.45) is 5.64. The number of rotatable bonds is 5. The van der Waals surface area contributed by atoms with Crippen LogP contribution in [0.4, 0.5) is 0 Å². The highest BCUT2D eigenvalue weighted by Gasteiger charge is 2.27. The number of hydrogen-bond acceptors (Lipinski definition) is 2. The standard InChI is InChI=1S/C12H26N2/c1-4-14(11(3)10(2)9-13)12-7-5-6-8-12/h10-12H,4-9,13H2,1-3H3. The Bertz CT molecular complexity index is 152. The lowest BCUT2D eigenvalue weighted by atomic mass is 10.00. The minimum absolute atomic E-state index is 0.621. The number of nitrogens with two attached hydrogens (primary N) is 1. The second-order valence-electron chi connectivity index (χ2n) is 4.72. The van der Waals surface area contributed by atoms with Crippen LogP contribution in [-0.4, -0.2) is 30.1 Å². The second-order valence-corrected chi connectivity index (χ2v) is 4.72. The van der Waals surface area contributed by atoms with E-state index in [0.717, 1.165) is 12.6 Å². The van der Waals surface area contributed by atoms with Crippen molar-refractivity contribution in [3.63, 3.8) is 0 Å². The fourth-order valence-electron chi connectivity index (χ4n) is 2.64. The summed E-state index contributed by atoms with van der Waals surface area (Å²) in [5.74, 6) is 0.621. The first kappa shape index (κ1) is 12.0. The Morgan fingerprint density at radius 2 is 1.86 bits per heavy atom. The molecule has 1 aliphatic carbocycles. The van der Waals surface area contributed by atoms with Crippen LogP contribution in [0.2, 0.25) is 0 Å². The van der Waals surface area contributed by atoms with E-state index in [1.54, 1.807) is 0 Å². The monoisotopic (exact) mass is 198 g/mol. The maximum absolute atomic E-state index is 5.74. The van der Waals surface area contributed by atoms with Crippen LogP contribution in [0, 0.1) is 5.92 Å². The van der Waals surface area contributed by atoms with Gasteiger partial charge in [-0.3, -0.25) is 4.90 Å². The first-order valence-electron chi connectivity index (χ1n) is 6.16. The zero-order valence-corrected chi connectivity index (χ0v) is 10.00. The average Bonchev–Trinajstić information content (AvgIpc) is 2.71. The van der Waals surface area contributed by atoms with E-state index in [1.165, 1.54) is 32.2 Å². The quantitative estimate of drug-likeness (QED) is 0.734. The fourth-order valence-corrected chi connectivity index (χ4v) is 2.64. The maximum Gasteiger partial charge on any atom is 0.0107 e. The van der Waals surface area contributed by atoms with Crippen LogP contribution < -0.4 is 5.73 Å². The zero-order valence-electron chi connectivity index (χ0n) is 10.00. The third-order valence-corrected chi connectivity index (χ3v) is 3.88. The molecular formula is C12H26N2. The summed E-state index contributed by atoms with van der Waals surface area (Å²) in [7, 11) is 0. The van der Waals surface area contributed by atoms with Crippen molar-refractivity contribution in [1.82, 2.24) is 4.90 Å². The second kappa shape index (κ2) is 5.72. The molecule has 0 spiro atoms. The predicted molar refractivity (Wildman–Crippen MR) is 62.3 cm³/mol. The van der Waals surface area contributed by atoms with Gasteiger partial charge in [-0.25, -0.2) is 0 Å². The fraction of sp³-hybridized carbons (Fsp3) is 1.00. The summed E-state index contributed by atoms with van der Waals surface area (Å²) in [5.41, 5.74) is 5.74. The average molecular weight is 198 g/mol. The molecule has 14 heavy (non-hydrogen) atoms. The molecule has 0 bridgehead atoms. The molecule has 0 aliphatic heterocycles. The first-order valence-corrected chi connectivity index (χ1v) is 6.16. The van der Waals surface area contributed by atoms with Gasteiger partial charge in [0.05, 0.1) is 0 Å². The van der Waals surface area contributed by atoms with Crippen molar-refractivity contribution in [2.45, 2.75) is 58.5 Å². The molecular weight excluding hydrogens is 172 g/mol. The van der Waals surface area contributed by atoms with E-state index in [2.05, 4.69) is 25.7 Å². The highest BCUT2D eigenvalue weighted by atomic mass is 15.2. The summed E-state index contributed by atoms with van der Waals surface area (Å²) in [6.45, 7) is 8.86. The van der Waals surface area contributed by atoms with Crippen molar-refractivity contribution in [2.24, 2.45) is 11.7 Å². The van der Waals surface area contributed by atoms with E-state index in [1.807, 2.05) is 0 Å². The number of nitrogens with zero attached hydrogens (tertiary/aromatic N) is 1. The van der Waals surface area contributed by atoms with Crippen LogP contribution in [0.1, 0.15) is 46.5 Å². The summed E-state index contributed by atoms with van der Waals surface area (Å²) >= 11 is 0. The van der Waals surface area contributed by atoms with Gasteiger partial charge in [-0.2, -0.15) is 0 Å². The molecule has 1 fully saturated rings. The molecule has 2 atom stereocenters. The third-order valence-electron chi connectivity index (χ3n) is 3.88. The first-order chi connectivity index (χ1) is 6.70. The molecule has 84 valence electrons. The van der Waals surface area contributed by atoms with Crippen molar-refractivity contribution in [1.29, 1.82) is 0 Å². The minimum Gasteiger partial charge on any atom is -0.330 e. The molecule has 0 aromatic rings. The van der Waals surface area contributed by atoms with E-state index in [0.29, 0.717) is 12.0 Å². The van der Waals surface area contributed by atoms with Crippen LogP contribution in [0.3, 0.4) is 0 Å². The van der Waals surface area contributed by atoms with Crippen LogP contribution in [0.15, 0.2) is 0 Å². The minimum atomic E-state index is 0.621. The summed E-state index contributed by atoms with van der Waals surface area (Å²) in [5, 5.41) is 0. The van der Waals surface area contributed by atoms with Crippen molar-refractivity contribution in [2.75, 3.05) is 13.1 Å². The Kier molecular flexibility index (Phi) is 4.90. The van der Waals surface area contributed by atoms with Gasteiger partial charge in [-0.1, -0.05) is 26.7 Å². The van der Waals surface area contributed by atoms with E-state index < -0.39 is 0 Å². The van der Waals surface area contributed by atoms with E-state index in [-0.39, 0.29) is 0 Å². The molecule has 0 heterocycles. The topological polar surface area (TPSA) is 29.3 Å². The maximum atomic E-state index is 5.74. The van der Waals surface area contributed by atoms with Crippen LogP contribution in [0.25, 0.3) is 0 Å². The Labute approximate surface area is 88.8 Å². The SMILES string of the molecule is CCN(C1CCCC1)C(C)C(C)CN. The van der Waals surface area contributed by atoms with Crippen LogP contribution in [0.5, 0.6) is 0 Å². The van der Waals surface area contributed by atoms with E-state index >= 15 is 0 Å². The number of hydrogen-bond donors (Lipinski definition) is 1. The molecule has 2 N–H and O–H groups in total. The molecule has 2 unspecified atom stereocenters. The van der Waals surface area contributed by atoms with Crippen molar-refractivity contribution < 1.29 is 0 Å². The molecule has 0 aromatic carbocycles. The van der Waals surface area contributed by atoms with Crippen molar-refractivity contribution >= 4 is 0 Å². The van der Waals surface area contributed by atoms with Gasteiger partial charge in [-0.05, 0) is 38.8 Å². The highest BCUT2D eigenvalue weighted by Crippen LogP contribution is 2.26.